The normalized spacial score (nSPS) is 14.8. The van der Waals surface area contributed by atoms with Crippen molar-refractivity contribution in [1.29, 1.82) is 0 Å². The first-order valence-electron chi connectivity index (χ1n) is 8.47. The molecule has 0 aromatic heterocycles. The minimum Gasteiger partial charge on any atom is -0.319 e. The lowest BCUT2D eigenvalue weighted by Gasteiger charge is -2.16. The molecule has 0 saturated heterocycles. The Kier molecular flexibility index (Phi) is 9.99. The number of carbonyl (C=O) groups excluding carboxylic acids is 1. The predicted molar refractivity (Wildman–Crippen MR) is 86.5 cm³/mol. The van der Waals surface area contributed by atoms with Crippen molar-refractivity contribution in [2.24, 2.45) is 0 Å². The van der Waals surface area contributed by atoms with Crippen LogP contribution in [-0.4, -0.2) is 17.4 Å². The molecule has 1 heterocycles. The Balaban J connectivity index is 1.90. The van der Waals surface area contributed by atoms with Gasteiger partial charge in [0.1, 0.15) is 0 Å². The molecule has 0 unspecified atom stereocenters. The van der Waals surface area contributed by atoms with Gasteiger partial charge in [0, 0.05) is 19.2 Å². The van der Waals surface area contributed by atoms with Crippen LogP contribution >= 0.6 is 0 Å². The zero-order valence-electron chi connectivity index (χ0n) is 13.2. The molecule has 2 nitrogen and oxygen atoms in total. The van der Waals surface area contributed by atoms with Crippen LogP contribution in [-0.2, 0) is 4.79 Å². The third-order valence-electron chi connectivity index (χ3n) is 3.88. The highest BCUT2D eigenvalue weighted by molar-refractivity contribution is 5.79. The van der Waals surface area contributed by atoms with E-state index in [2.05, 4.69) is 6.92 Å². The maximum atomic E-state index is 11.7. The van der Waals surface area contributed by atoms with Crippen LogP contribution < -0.4 is 0 Å². The highest BCUT2D eigenvalue weighted by Gasteiger charge is 2.09. The number of allylic oxidation sites excluding steroid dienone is 2. The van der Waals surface area contributed by atoms with E-state index in [1.165, 1.54) is 57.8 Å². The SMILES string of the molecule is CCCCCCCCCCCCN1C=CC=CCC1=O. The van der Waals surface area contributed by atoms with Crippen LogP contribution in [0.25, 0.3) is 0 Å². The van der Waals surface area contributed by atoms with E-state index < -0.39 is 0 Å². The quantitative estimate of drug-likeness (QED) is 0.475. The van der Waals surface area contributed by atoms with Crippen molar-refractivity contribution < 1.29 is 4.79 Å². The van der Waals surface area contributed by atoms with Gasteiger partial charge < -0.3 is 4.90 Å². The van der Waals surface area contributed by atoms with Gasteiger partial charge in [-0.25, -0.2) is 0 Å². The standard InChI is InChI=1S/C18H31NO/c1-2-3-4-5-6-7-8-9-10-13-16-19-17-14-11-12-15-18(19)20/h11-12,14,17H,2-10,13,15-16H2,1H3. The van der Waals surface area contributed by atoms with Gasteiger partial charge in [-0.15, -0.1) is 0 Å². The van der Waals surface area contributed by atoms with Crippen LogP contribution in [0.3, 0.4) is 0 Å². The van der Waals surface area contributed by atoms with Crippen LogP contribution in [0.5, 0.6) is 0 Å². The summed E-state index contributed by atoms with van der Waals surface area (Å²) in [4.78, 5) is 13.6. The first kappa shape index (κ1) is 17.0. The van der Waals surface area contributed by atoms with E-state index in [4.69, 9.17) is 0 Å². The lowest BCUT2D eigenvalue weighted by atomic mass is 10.1. The summed E-state index contributed by atoms with van der Waals surface area (Å²) in [5, 5.41) is 0. The third kappa shape index (κ3) is 8.19. The molecule has 1 aliphatic rings. The second-order valence-electron chi connectivity index (χ2n) is 5.74. The molecule has 0 saturated carbocycles. The molecule has 0 radical (unpaired) electrons. The lowest BCUT2D eigenvalue weighted by molar-refractivity contribution is -0.127. The molecule has 0 atom stereocenters. The van der Waals surface area contributed by atoms with E-state index in [0.29, 0.717) is 6.42 Å². The molecule has 20 heavy (non-hydrogen) atoms. The van der Waals surface area contributed by atoms with Crippen molar-refractivity contribution in [1.82, 2.24) is 4.90 Å². The van der Waals surface area contributed by atoms with Crippen molar-refractivity contribution in [3.63, 3.8) is 0 Å². The minimum absolute atomic E-state index is 0.228. The first-order valence-corrected chi connectivity index (χ1v) is 8.47. The van der Waals surface area contributed by atoms with Crippen LogP contribution in [0.2, 0.25) is 0 Å². The highest BCUT2D eigenvalue weighted by atomic mass is 16.2. The summed E-state index contributed by atoms with van der Waals surface area (Å²) in [6, 6.07) is 0. The van der Waals surface area contributed by atoms with E-state index in [9.17, 15) is 4.79 Å². The fourth-order valence-electron chi connectivity index (χ4n) is 2.57. The molecule has 0 spiro atoms. The zero-order chi connectivity index (χ0) is 14.5. The summed E-state index contributed by atoms with van der Waals surface area (Å²) < 4.78 is 0. The van der Waals surface area contributed by atoms with Crippen molar-refractivity contribution in [2.45, 2.75) is 77.6 Å². The summed E-state index contributed by atoms with van der Waals surface area (Å²) in [7, 11) is 0. The van der Waals surface area contributed by atoms with Crippen molar-refractivity contribution >= 4 is 5.91 Å². The Bertz CT molecular complexity index is 307. The minimum atomic E-state index is 0.228. The predicted octanol–water partition coefficient (Wildman–Crippen LogP) is 5.21. The molecule has 0 aromatic carbocycles. The van der Waals surface area contributed by atoms with Gasteiger partial charge in [-0.3, -0.25) is 4.79 Å². The largest absolute Gasteiger partial charge is 0.319 e. The Morgan fingerprint density at radius 2 is 1.50 bits per heavy atom. The van der Waals surface area contributed by atoms with Crippen molar-refractivity contribution in [3.8, 4) is 0 Å². The molecule has 0 aromatic rings. The average molecular weight is 277 g/mol. The summed E-state index contributed by atoms with van der Waals surface area (Å²) in [6.07, 6.45) is 21.7. The molecular weight excluding hydrogens is 246 g/mol. The van der Waals surface area contributed by atoms with Gasteiger partial charge in [0.2, 0.25) is 5.91 Å². The second kappa shape index (κ2) is 11.7. The van der Waals surface area contributed by atoms with E-state index >= 15 is 0 Å². The van der Waals surface area contributed by atoms with Crippen LogP contribution in [0.4, 0.5) is 0 Å². The van der Waals surface area contributed by atoms with Crippen LogP contribution in [0, 0.1) is 0 Å². The molecular formula is C18H31NO. The van der Waals surface area contributed by atoms with Crippen LogP contribution in [0.1, 0.15) is 77.6 Å². The Morgan fingerprint density at radius 3 is 2.15 bits per heavy atom. The van der Waals surface area contributed by atoms with E-state index in [0.717, 1.165) is 13.0 Å². The topological polar surface area (TPSA) is 20.3 Å². The van der Waals surface area contributed by atoms with Crippen LogP contribution in [0.15, 0.2) is 24.4 Å². The number of hydrogen-bond acceptors (Lipinski definition) is 1. The maximum Gasteiger partial charge on any atom is 0.230 e. The third-order valence-corrected chi connectivity index (χ3v) is 3.88. The van der Waals surface area contributed by atoms with Gasteiger partial charge in [0.25, 0.3) is 0 Å². The zero-order valence-corrected chi connectivity index (χ0v) is 13.2. The Labute approximate surface area is 124 Å². The molecule has 1 rings (SSSR count). The van der Waals surface area contributed by atoms with Gasteiger partial charge in [-0.05, 0) is 12.5 Å². The molecule has 1 amide bonds. The number of hydrogen-bond donors (Lipinski definition) is 0. The fourth-order valence-corrected chi connectivity index (χ4v) is 2.57. The van der Waals surface area contributed by atoms with Gasteiger partial charge in [-0.2, -0.15) is 0 Å². The number of carbonyl (C=O) groups is 1. The van der Waals surface area contributed by atoms with E-state index in [-0.39, 0.29) is 5.91 Å². The Morgan fingerprint density at radius 1 is 0.900 bits per heavy atom. The molecule has 114 valence electrons. The summed E-state index contributed by atoms with van der Waals surface area (Å²) >= 11 is 0. The highest BCUT2D eigenvalue weighted by Crippen LogP contribution is 2.11. The van der Waals surface area contributed by atoms with Crippen molar-refractivity contribution in [2.75, 3.05) is 6.54 Å². The monoisotopic (exact) mass is 277 g/mol. The molecule has 0 aliphatic carbocycles. The van der Waals surface area contributed by atoms with Crippen molar-refractivity contribution in [3.05, 3.63) is 24.4 Å². The maximum absolute atomic E-state index is 11.7. The second-order valence-corrected chi connectivity index (χ2v) is 5.74. The van der Waals surface area contributed by atoms with E-state index in [1.54, 1.807) is 0 Å². The molecule has 0 fully saturated rings. The number of rotatable bonds is 11. The number of unbranched alkanes of at least 4 members (excludes halogenated alkanes) is 9. The van der Waals surface area contributed by atoms with E-state index in [1.807, 2.05) is 29.3 Å². The first-order chi connectivity index (χ1) is 9.84. The lowest BCUT2D eigenvalue weighted by Crippen LogP contribution is -2.25. The fraction of sp³-hybridized carbons (Fsp3) is 0.722. The average Bonchev–Trinajstić information content (AvgIpc) is 2.66. The number of nitrogens with zero attached hydrogens (tertiary/aromatic N) is 1. The molecule has 0 bridgehead atoms. The van der Waals surface area contributed by atoms with Gasteiger partial charge >= 0.3 is 0 Å². The number of amides is 1. The molecule has 0 N–H and O–H groups in total. The smallest absolute Gasteiger partial charge is 0.230 e. The summed E-state index contributed by atoms with van der Waals surface area (Å²) in [5.41, 5.74) is 0. The summed E-state index contributed by atoms with van der Waals surface area (Å²) in [6.45, 7) is 3.15. The van der Waals surface area contributed by atoms with Gasteiger partial charge in [0.15, 0.2) is 0 Å². The Hall–Kier alpha value is -1.05. The molecule has 1 aliphatic heterocycles. The van der Waals surface area contributed by atoms with Gasteiger partial charge in [-0.1, -0.05) is 76.9 Å². The van der Waals surface area contributed by atoms with Gasteiger partial charge in [0.05, 0.1) is 0 Å². The summed E-state index contributed by atoms with van der Waals surface area (Å²) in [5.74, 6) is 0.228. The molecule has 2 heteroatoms.